The molecule has 3 nitrogen and oxygen atoms in total. The molecule has 1 aromatic heterocycles. The fraction of sp³-hybridized carbons (Fsp3) is 0.692. The number of furan rings is 1. The van der Waals surface area contributed by atoms with E-state index < -0.39 is 0 Å². The Labute approximate surface area is 97.6 Å². The Morgan fingerprint density at radius 3 is 2.81 bits per heavy atom. The molecule has 0 amide bonds. The summed E-state index contributed by atoms with van der Waals surface area (Å²) in [5.41, 5.74) is 7.57. The van der Waals surface area contributed by atoms with Crippen LogP contribution in [0.25, 0.3) is 0 Å². The van der Waals surface area contributed by atoms with Gasteiger partial charge in [0.15, 0.2) is 0 Å². The van der Waals surface area contributed by atoms with Crippen molar-refractivity contribution < 1.29 is 4.42 Å². The lowest BCUT2D eigenvalue weighted by Gasteiger charge is -2.42. The summed E-state index contributed by atoms with van der Waals surface area (Å²) in [6.07, 6.45) is 8.79. The van der Waals surface area contributed by atoms with E-state index in [-0.39, 0.29) is 0 Å². The third kappa shape index (κ3) is 2.66. The third-order valence-corrected chi connectivity index (χ3v) is 3.90. The lowest BCUT2D eigenvalue weighted by Crippen LogP contribution is -2.39. The second kappa shape index (κ2) is 5.02. The molecule has 2 rings (SSSR count). The van der Waals surface area contributed by atoms with E-state index in [1.165, 1.54) is 31.2 Å². The molecule has 0 saturated heterocycles. The van der Waals surface area contributed by atoms with Gasteiger partial charge in [0.25, 0.3) is 0 Å². The first-order chi connectivity index (χ1) is 7.74. The molecular formula is C13H22N2O. The molecule has 0 unspecified atom stereocenters. The fourth-order valence-corrected chi connectivity index (χ4v) is 2.43. The van der Waals surface area contributed by atoms with E-state index in [1.807, 2.05) is 12.3 Å². The Balaban J connectivity index is 1.73. The zero-order chi connectivity index (χ0) is 11.4. The first kappa shape index (κ1) is 11.7. The van der Waals surface area contributed by atoms with Crippen molar-refractivity contribution in [1.29, 1.82) is 0 Å². The van der Waals surface area contributed by atoms with Gasteiger partial charge in [0.05, 0.1) is 12.5 Å². The molecule has 1 heterocycles. The lowest BCUT2D eigenvalue weighted by molar-refractivity contribution is 0.111. The summed E-state index contributed by atoms with van der Waals surface area (Å²) in [7, 11) is 2.16. The highest BCUT2D eigenvalue weighted by Gasteiger charge is 2.35. The van der Waals surface area contributed by atoms with Crippen LogP contribution in [0, 0.1) is 5.41 Å². The van der Waals surface area contributed by atoms with E-state index in [1.54, 1.807) is 6.26 Å². The summed E-state index contributed by atoms with van der Waals surface area (Å²) < 4.78 is 5.07. The maximum Gasteiger partial charge on any atom is 0.0947 e. The number of nitrogens with zero attached hydrogens (tertiary/aromatic N) is 1. The first-order valence-electron chi connectivity index (χ1n) is 6.14. The van der Waals surface area contributed by atoms with Crippen LogP contribution in [0.1, 0.15) is 31.2 Å². The summed E-state index contributed by atoms with van der Waals surface area (Å²) in [4.78, 5) is 2.35. The Hall–Kier alpha value is -0.800. The van der Waals surface area contributed by atoms with Crippen LogP contribution in [-0.4, -0.2) is 25.0 Å². The smallest absolute Gasteiger partial charge is 0.0947 e. The number of hydrogen-bond acceptors (Lipinski definition) is 3. The molecule has 0 atom stereocenters. The standard InChI is InChI=1S/C13H22N2O/c1-15(9-12-3-8-16-10-12)7-6-13(11-14)4-2-5-13/h3,8,10H,2,4-7,9,11,14H2,1H3. The van der Waals surface area contributed by atoms with Crippen LogP contribution in [-0.2, 0) is 6.54 Å². The van der Waals surface area contributed by atoms with Crippen molar-refractivity contribution in [3.63, 3.8) is 0 Å². The Morgan fingerprint density at radius 1 is 1.50 bits per heavy atom. The van der Waals surface area contributed by atoms with Crippen molar-refractivity contribution in [2.75, 3.05) is 20.1 Å². The molecule has 0 radical (unpaired) electrons. The second-order valence-corrected chi connectivity index (χ2v) is 5.18. The van der Waals surface area contributed by atoms with Crippen LogP contribution in [0.2, 0.25) is 0 Å². The second-order valence-electron chi connectivity index (χ2n) is 5.18. The van der Waals surface area contributed by atoms with Gasteiger partial charge in [-0.15, -0.1) is 0 Å². The summed E-state index contributed by atoms with van der Waals surface area (Å²) >= 11 is 0. The summed E-state index contributed by atoms with van der Waals surface area (Å²) in [5.74, 6) is 0. The van der Waals surface area contributed by atoms with Gasteiger partial charge in [0.1, 0.15) is 0 Å². The van der Waals surface area contributed by atoms with E-state index in [9.17, 15) is 0 Å². The van der Waals surface area contributed by atoms with Gasteiger partial charge < -0.3 is 15.1 Å². The van der Waals surface area contributed by atoms with Gasteiger partial charge in [-0.1, -0.05) is 6.42 Å². The number of hydrogen-bond donors (Lipinski definition) is 1. The van der Waals surface area contributed by atoms with Gasteiger partial charge in [-0.2, -0.15) is 0 Å². The van der Waals surface area contributed by atoms with Crippen molar-refractivity contribution in [2.24, 2.45) is 11.1 Å². The van der Waals surface area contributed by atoms with Crippen molar-refractivity contribution in [3.05, 3.63) is 24.2 Å². The van der Waals surface area contributed by atoms with Crippen LogP contribution < -0.4 is 5.73 Å². The molecule has 1 aliphatic rings. The van der Waals surface area contributed by atoms with Crippen molar-refractivity contribution in [2.45, 2.75) is 32.2 Å². The molecule has 1 fully saturated rings. The third-order valence-electron chi connectivity index (χ3n) is 3.90. The van der Waals surface area contributed by atoms with Crippen LogP contribution in [0.5, 0.6) is 0 Å². The zero-order valence-electron chi connectivity index (χ0n) is 10.1. The van der Waals surface area contributed by atoms with Crippen molar-refractivity contribution in [3.8, 4) is 0 Å². The molecule has 0 spiro atoms. The van der Waals surface area contributed by atoms with Crippen LogP contribution in [0.3, 0.4) is 0 Å². The molecule has 1 aliphatic carbocycles. The topological polar surface area (TPSA) is 42.4 Å². The Bertz CT molecular complexity index is 298. The molecule has 1 saturated carbocycles. The van der Waals surface area contributed by atoms with Gasteiger partial charge >= 0.3 is 0 Å². The highest BCUT2D eigenvalue weighted by Crippen LogP contribution is 2.42. The predicted molar refractivity (Wildman–Crippen MR) is 65.0 cm³/mol. The average Bonchev–Trinajstić information content (AvgIpc) is 2.69. The minimum Gasteiger partial charge on any atom is -0.472 e. The maximum atomic E-state index is 5.86. The summed E-state index contributed by atoms with van der Waals surface area (Å²) in [5, 5.41) is 0. The number of nitrogens with two attached hydrogens (primary N) is 1. The van der Waals surface area contributed by atoms with Gasteiger partial charge in [-0.25, -0.2) is 0 Å². The zero-order valence-corrected chi connectivity index (χ0v) is 10.1. The molecule has 2 N–H and O–H groups in total. The fourth-order valence-electron chi connectivity index (χ4n) is 2.43. The minimum atomic E-state index is 0.463. The monoisotopic (exact) mass is 222 g/mol. The van der Waals surface area contributed by atoms with Gasteiger partial charge in [0.2, 0.25) is 0 Å². The van der Waals surface area contributed by atoms with E-state index in [4.69, 9.17) is 10.2 Å². The molecule has 0 aromatic carbocycles. The molecular weight excluding hydrogens is 200 g/mol. The predicted octanol–water partition coefficient (Wildman–Crippen LogP) is 2.23. The minimum absolute atomic E-state index is 0.463. The largest absolute Gasteiger partial charge is 0.472 e. The molecule has 90 valence electrons. The van der Waals surface area contributed by atoms with Gasteiger partial charge in [-0.3, -0.25) is 0 Å². The lowest BCUT2D eigenvalue weighted by atomic mass is 9.66. The van der Waals surface area contributed by atoms with Crippen LogP contribution in [0.15, 0.2) is 23.0 Å². The number of rotatable bonds is 6. The summed E-state index contributed by atoms with van der Waals surface area (Å²) in [6, 6.07) is 2.03. The van der Waals surface area contributed by atoms with Crippen molar-refractivity contribution in [1.82, 2.24) is 4.90 Å². The molecule has 0 aliphatic heterocycles. The first-order valence-corrected chi connectivity index (χ1v) is 6.14. The summed E-state index contributed by atoms with van der Waals surface area (Å²) in [6.45, 7) is 2.95. The molecule has 3 heteroatoms. The van der Waals surface area contributed by atoms with Crippen LogP contribution >= 0.6 is 0 Å². The average molecular weight is 222 g/mol. The molecule has 0 bridgehead atoms. The van der Waals surface area contributed by atoms with Crippen molar-refractivity contribution >= 4 is 0 Å². The van der Waals surface area contributed by atoms with E-state index >= 15 is 0 Å². The SMILES string of the molecule is CN(CCC1(CN)CCC1)Cc1ccoc1. The van der Waals surface area contributed by atoms with Gasteiger partial charge in [-0.05, 0) is 50.9 Å². The van der Waals surface area contributed by atoms with E-state index in [2.05, 4.69) is 11.9 Å². The normalized spacial score (nSPS) is 18.7. The maximum absolute atomic E-state index is 5.86. The molecule has 1 aromatic rings. The van der Waals surface area contributed by atoms with E-state index in [0.29, 0.717) is 5.41 Å². The Kier molecular flexibility index (Phi) is 3.66. The van der Waals surface area contributed by atoms with E-state index in [0.717, 1.165) is 19.6 Å². The Morgan fingerprint density at radius 2 is 2.31 bits per heavy atom. The van der Waals surface area contributed by atoms with Gasteiger partial charge in [0, 0.05) is 12.1 Å². The quantitative estimate of drug-likeness (QED) is 0.802. The van der Waals surface area contributed by atoms with Crippen LogP contribution in [0.4, 0.5) is 0 Å². The molecule has 16 heavy (non-hydrogen) atoms. The highest BCUT2D eigenvalue weighted by molar-refractivity contribution is 5.04. The highest BCUT2D eigenvalue weighted by atomic mass is 16.3.